The summed E-state index contributed by atoms with van der Waals surface area (Å²) in [6, 6.07) is 0. The molecule has 0 aromatic rings. The SMILES string of the molecule is CSC1=NCCCN1C(C)=O. The van der Waals surface area contributed by atoms with E-state index in [2.05, 4.69) is 4.99 Å². The van der Waals surface area contributed by atoms with Crippen molar-refractivity contribution in [2.24, 2.45) is 4.99 Å². The molecule has 0 fully saturated rings. The molecule has 0 N–H and O–H groups in total. The summed E-state index contributed by atoms with van der Waals surface area (Å²) >= 11 is 1.54. The van der Waals surface area contributed by atoms with Crippen molar-refractivity contribution < 1.29 is 4.79 Å². The smallest absolute Gasteiger partial charge is 0.225 e. The maximum atomic E-state index is 11.0. The van der Waals surface area contributed by atoms with E-state index in [-0.39, 0.29) is 5.91 Å². The van der Waals surface area contributed by atoms with Gasteiger partial charge in [-0.05, 0) is 12.7 Å². The molecule has 0 saturated carbocycles. The fraction of sp³-hybridized carbons (Fsp3) is 0.714. The quantitative estimate of drug-likeness (QED) is 0.545. The first-order valence-corrected chi connectivity index (χ1v) is 4.84. The largest absolute Gasteiger partial charge is 0.292 e. The lowest BCUT2D eigenvalue weighted by Crippen LogP contribution is -2.37. The second-order valence-electron chi connectivity index (χ2n) is 2.39. The van der Waals surface area contributed by atoms with Crippen molar-refractivity contribution in [2.75, 3.05) is 19.3 Å². The Balaban J connectivity index is 2.69. The number of rotatable bonds is 0. The predicted octanol–water partition coefficient (Wildman–Crippen LogP) is 0.958. The number of amides is 1. The fourth-order valence-corrected chi connectivity index (χ4v) is 1.71. The van der Waals surface area contributed by atoms with Crippen LogP contribution in [0.4, 0.5) is 0 Å². The first-order valence-electron chi connectivity index (χ1n) is 3.62. The highest BCUT2D eigenvalue weighted by Crippen LogP contribution is 2.11. The van der Waals surface area contributed by atoms with Gasteiger partial charge in [0.05, 0.1) is 0 Å². The van der Waals surface area contributed by atoms with E-state index in [4.69, 9.17) is 0 Å². The van der Waals surface area contributed by atoms with Crippen molar-refractivity contribution >= 4 is 22.8 Å². The van der Waals surface area contributed by atoms with Gasteiger partial charge in [0.15, 0.2) is 5.17 Å². The minimum absolute atomic E-state index is 0.0952. The van der Waals surface area contributed by atoms with Gasteiger partial charge in [-0.25, -0.2) is 0 Å². The lowest BCUT2D eigenvalue weighted by molar-refractivity contribution is -0.125. The van der Waals surface area contributed by atoms with E-state index in [1.807, 2.05) is 6.26 Å². The zero-order valence-electron chi connectivity index (χ0n) is 6.83. The second kappa shape index (κ2) is 3.76. The van der Waals surface area contributed by atoms with Crippen LogP contribution in [0.3, 0.4) is 0 Å². The summed E-state index contributed by atoms with van der Waals surface area (Å²) in [5.41, 5.74) is 0. The monoisotopic (exact) mass is 172 g/mol. The molecule has 0 aromatic heterocycles. The number of carbonyl (C=O) groups excluding carboxylic acids is 1. The van der Waals surface area contributed by atoms with Gasteiger partial charge < -0.3 is 0 Å². The molecule has 11 heavy (non-hydrogen) atoms. The summed E-state index contributed by atoms with van der Waals surface area (Å²) in [5, 5.41) is 0.865. The second-order valence-corrected chi connectivity index (χ2v) is 3.17. The van der Waals surface area contributed by atoms with E-state index in [9.17, 15) is 4.79 Å². The van der Waals surface area contributed by atoms with Crippen LogP contribution in [0.1, 0.15) is 13.3 Å². The number of nitrogens with zero attached hydrogens (tertiary/aromatic N) is 2. The molecule has 0 atom stereocenters. The predicted molar refractivity (Wildman–Crippen MR) is 47.8 cm³/mol. The molecule has 62 valence electrons. The summed E-state index contributed by atoms with van der Waals surface area (Å²) in [6.45, 7) is 3.27. The average Bonchev–Trinajstić information content (AvgIpc) is 2.04. The van der Waals surface area contributed by atoms with Crippen molar-refractivity contribution in [1.82, 2.24) is 4.90 Å². The van der Waals surface area contributed by atoms with Gasteiger partial charge in [-0.1, -0.05) is 11.8 Å². The molecule has 0 aromatic carbocycles. The number of hydrogen-bond donors (Lipinski definition) is 0. The summed E-state index contributed by atoms with van der Waals surface area (Å²) in [7, 11) is 0. The van der Waals surface area contributed by atoms with Gasteiger partial charge in [0.2, 0.25) is 5.91 Å². The van der Waals surface area contributed by atoms with Crippen molar-refractivity contribution in [2.45, 2.75) is 13.3 Å². The van der Waals surface area contributed by atoms with Gasteiger partial charge in [-0.3, -0.25) is 14.7 Å². The van der Waals surface area contributed by atoms with Crippen molar-refractivity contribution in [3.63, 3.8) is 0 Å². The molecule has 0 unspecified atom stereocenters. The summed E-state index contributed by atoms with van der Waals surface area (Å²) < 4.78 is 0. The Kier molecular flexibility index (Phi) is 2.93. The highest BCUT2D eigenvalue weighted by molar-refractivity contribution is 8.13. The third kappa shape index (κ3) is 1.96. The molecule has 0 aliphatic carbocycles. The zero-order chi connectivity index (χ0) is 8.27. The normalized spacial score (nSPS) is 18.0. The van der Waals surface area contributed by atoms with Crippen molar-refractivity contribution in [1.29, 1.82) is 0 Å². The zero-order valence-corrected chi connectivity index (χ0v) is 7.65. The lowest BCUT2D eigenvalue weighted by atomic mass is 10.3. The Bertz CT molecular complexity index is 191. The molecule has 3 nitrogen and oxygen atoms in total. The van der Waals surface area contributed by atoms with Crippen molar-refractivity contribution in [3.8, 4) is 0 Å². The molecule has 1 aliphatic rings. The maximum absolute atomic E-state index is 11.0. The Morgan fingerprint density at radius 1 is 1.73 bits per heavy atom. The van der Waals surface area contributed by atoms with Gasteiger partial charge in [0, 0.05) is 20.0 Å². The minimum Gasteiger partial charge on any atom is -0.292 e. The number of carbonyl (C=O) groups is 1. The minimum atomic E-state index is 0.0952. The van der Waals surface area contributed by atoms with Crippen LogP contribution in [-0.4, -0.2) is 35.3 Å². The number of hydrogen-bond acceptors (Lipinski definition) is 3. The first kappa shape index (κ1) is 8.59. The standard InChI is InChI=1S/C7H12N2OS/c1-6(10)9-5-3-4-8-7(9)11-2/h3-5H2,1-2H3. The van der Waals surface area contributed by atoms with Crippen LogP contribution < -0.4 is 0 Å². The molecule has 0 radical (unpaired) electrons. The third-order valence-electron chi connectivity index (χ3n) is 1.58. The van der Waals surface area contributed by atoms with E-state index in [1.165, 1.54) is 11.8 Å². The number of amidine groups is 1. The third-order valence-corrected chi connectivity index (χ3v) is 2.30. The Morgan fingerprint density at radius 3 is 2.91 bits per heavy atom. The maximum Gasteiger partial charge on any atom is 0.225 e. The van der Waals surface area contributed by atoms with E-state index >= 15 is 0 Å². The fourth-order valence-electron chi connectivity index (χ4n) is 1.05. The molecule has 1 heterocycles. The highest BCUT2D eigenvalue weighted by Gasteiger charge is 2.17. The van der Waals surface area contributed by atoms with E-state index < -0.39 is 0 Å². The van der Waals surface area contributed by atoms with Gasteiger partial charge in [-0.15, -0.1) is 0 Å². The summed E-state index contributed by atoms with van der Waals surface area (Å²) in [5.74, 6) is 0.0952. The average molecular weight is 172 g/mol. The van der Waals surface area contributed by atoms with Gasteiger partial charge in [-0.2, -0.15) is 0 Å². The summed E-state index contributed by atoms with van der Waals surface area (Å²) in [4.78, 5) is 17.0. The van der Waals surface area contributed by atoms with Gasteiger partial charge >= 0.3 is 0 Å². The topological polar surface area (TPSA) is 32.7 Å². The lowest BCUT2D eigenvalue weighted by Gasteiger charge is -2.24. The van der Waals surface area contributed by atoms with Gasteiger partial charge in [0.1, 0.15) is 0 Å². The van der Waals surface area contributed by atoms with Crippen LogP contribution in [0.2, 0.25) is 0 Å². The molecular weight excluding hydrogens is 160 g/mol. The van der Waals surface area contributed by atoms with Crippen LogP contribution >= 0.6 is 11.8 Å². The highest BCUT2D eigenvalue weighted by atomic mass is 32.2. The Labute approximate surface area is 70.9 Å². The van der Waals surface area contributed by atoms with Crippen LogP contribution in [0.25, 0.3) is 0 Å². The van der Waals surface area contributed by atoms with Gasteiger partial charge in [0.25, 0.3) is 0 Å². The molecule has 0 bridgehead atoms. The van der Waals surface area contributed by atoms with E-state index in [0.29, 0.717) is 0 Å². The number of thioether (sulfide) groups is 1. The molecule has 1 amide bonds. The van der Waals surface area contributed by atoms with Crippen LogP contribution in [0.15, 0.2) is 4.99 Å². The van der Waals surface area contributed by atoms with Crippen LogP contribution in [0.5, 0.6) is 0 Å². The Hall–Kier alpha value is -0.510. The van der Waals surface area contributed by atoms with Crippen molar-refractivity contribution in [3.05, 3.63) is 0 Å². The molecule has 1 aliphatic heterocycles. The molecule has 1 rings (SSSR count). The summed E-state index contributed by atoms with van der Waals surface area (Å²) in [6.07, 6.45) is 2.93. The molecule has 0 saturated heterocycles. The first-order chi connectivity index (χ1) is 5.25. The molecule has 4 heteroatoms. The molecule has 0 spiro atoms. The molecular formula is C7H12N2OS. The number of aliphatic imine (C=N–C) groups is 1. The van der Waals surface area contributed by atoms with Crippen LogP contribution in [-0.2, 0) is 4.79 Å². The Morgan fingerprint density at radius 2 is 2.45 bits per heavy atom. The van der Waals surface area contributed by atoms with E-state index in [1.54, 1.807) is 11.8 Å². The van der Waals surface area contributed by atoms with E-state index in [0.717, 1.165) is 24.7 Å². The van der Waals surface area contributed by atoms with Crippen LogP contribution in [0, 0.1) is 0 Å².